The summed E-state index contributed by atoms with van der Waals surface area (Å²) in [5, 5.41) is 1.89. The normalized spacial score (nSPS) is 11.4. The van der Waals surface area contributed by atoms with Crippen molar-refractivity contribution < 1.29 is 4.79 Å². The number of amides is 1. The molecule has 25 heavy (non-hydrogen) atoms. The van der Waals surface area contributed by atoms with Crippen LogP contribution in [0.2, 0.25) is 0 Å². The second-order valence-corrected chi connectivity index (χ2v) is 6.66. The zero-order chi connectivity index (χ0) is 18.0. The largest absolute Gasteiger partial charge is 0.352 e. The highest BCUT2D eigenvalue weighted by Gasteiger charge is 2.33. The molecular formula is C21H23N3O. The number of aromatic nitrogens is 1. The molecule has 4 nitrogen and oxygen atoms in total. The molecule has 0 aliphatic carbocycles. The first kappa shape index (κ1) is 17.0. The molecule has 0 atom stereocenters. The molecule has 1 amide bonds. The lowest BCUT2D eigenvalue weighted by Crippen LogP contribution is -2.56. The first-order valence-electron chi connectivity index (χ1n) is 8.32. The number of benzene rings is 2. The van der Waals surface area contributed by atoms with Gasteiger partial charge in [-0.25, -0.2) is 0 Å². The summed E-state index contributed by atoms with van der Waals surface area (Å²) in [4.78, 5) is 21.3. The van der Waals surface area contributed by atoms with E-state index in [-0.39, 0.29) is 5.91 Å². The van der Waals surface area contributed by atoms with Crippen molar-refractivity contribution in [3.63, 3.8) is 0 Å². The second-order valence-electron chi connectivity index (χ2n) is 6.66. The van der Waals surface area contributed by atoms with E-state index in [1.165, 1.54) is 0 Å². The van der Waals surface area contributed by atoms with Crippen molar-refractivity contribution in [2.24, 2.45) is 0 Å². The van der Waals surface area contributed by atoms with Crippen molar-refractivity contribution in [2.45, 2.75) is 19.5 Å². The Morgan fingerprint density at radius 1 is 0.920 bits per heavy atom. The molecule has 0 aliphatic rings. The standard InChI is InChI=1S/C21H23N3O/c1-21(2,23(3)17-11-6-5-7-12-17)24(4)20(25)19-15-22-14-16-10-8-9-13-18(16)19/h5-15H,1-4H3. The third-order valence-corrected chi connectivity index (χ3v) is 4.99. The fourth-order valence-electron chi connectivity index (χ4n) is 2.91. The van der Waals surface area contributed by atoms with Gasteiger partial charge in [0.2, 0.25) is 0 Å². The van der Waals surface area contributed by atoms with Crippen LogP contribution in [0.3, 0.4) is 0 Å². The van der Waals surface area contributed by atoms with Gasteiger partial charge in [0, 0.05) is 37.6 Å². The quantitative estimate of drug-likeness (QED) is 0.672. The van der Waals surface area contributed by atoms with Gasteiger partial charge in [-0.2, -0.15) is 0 Å². The lowest BCUT2D eigenvalue weighted by atomic mass is 10.0. The van der Waals surface area contributed by atoms with E-state index in [4.69, 9.17) is 0 Å². The molecule has 2 aromatic carbocycles. The number of anilines is 1. The maximum atomic E-state index is 13.2. The topological polar surface area (TPSA) is 36.4 Å². The lowest BCUT2D eigenvalue weighted by molar-refractivity contribution is 0.0629. The number of hydrogen-bond acceptors (Lipinski definition) is 3. The molecule has 0 fully saturated rings. The van der Waals surface area contributed by atoms with Crippen LogP contribution in [0, 0.1) is 0 Å². The van der Waals surface area contributed by atoms with Gasteiger partial charge >= 0.3 is 0 Å². The Morgan fingerprint density at radius 3 is 2.28 bits per heavy atom. The van der Waals surface area contributed by atoms with E-state index in [9.17, 15) is 4.79 Å². The van der Waals surface area contributed by atoms with Gasteiger partial charge in [-0.3, -0.25) is 9.78 Å². The highest BCUT2D eigenvalue weighted by atomic mass is 16.2. The van der Waals surface area contributed by atoms with Crippen LogP contribution in [0.4, 0.5) is 5.69 Å². The summed E-state index contributed by atoms with van der Waals surface area (Å²) in [5.74, 6) is -0.0444. The maximum absolute atomic E-state index is 13.2. The average Bonchev–Trinajstić information content (AvgIpc) is 2.66. The third-order valence-electron chi connectivity index (χ3n) is 4.99. The number of carbonyl (C=O) groups excluding carboxylic acids is 1. The maximum Gasteiger partial charge on any atom is 0.257 e. The molecule has 0 unspecified atom stereocenters. The molecule has 3 aromatic rings. The minimum Gasteiger partial charge on any atom is -0.352 e. The van der Waals surface area contributed by atoms with Crippen LogP contribution in [0.25, 0.3) is 10.8 Å². The van der Waals surface area contributed by atoms with Gasteiger partial charge in [0.25, 0.3) is 5.91 Å². The van der Waals surface area contributed by atoms with Gasteiger partial charge in [0.15, 0.2) is 0 Å². The summed E-state index contributed by atoms with van der Waals surface area (Å²) in [7, 11) is 3.84. The van der Waals surface area contributed by atoms with E-state index in [0.29, 0.717) is 5.56 Å². The molecule has 128 valence electrons. The highest BCUT2D eigenvalue weighted by Crippen LogP contribution is 2.27. The minimum absolute atomic E-state index is 0.0444. The minimum atomic E-state index is -0.505. The van der Waals surface area contributed by atoms with Crippen LogP contribution in [-0.2, 0) is 0 Å². The summed E-state index contributed by atoms with van der Waals surface area (Å²) in [6.07, 6.45) is 3.44. The predicted molar refractivity (Wildman–Crippen MR) is 103 cm³/mol. The molecule has 0 bridgehead atoms. The number of carbonyl (C=O) groups is 1. The van der Waals surface area contributed by atoms with E-state index in [2.05, 4.69) is 9.88 Å². The Balaban J connectivity index is 1.96. The van der Waals surface area contributed by atoms with Gasteiger partial charge in [-0.15, -0.1) is 0 Å². The fraction of sp³-hybridized carbons (Fsp3) is 0.238. The van der Waals surface area contributed by atoms with Crippen LogP contribution in [0.5, 0.6) is 0 Å². The van der Waals surface area contributed by atoms with E-state index < -0.39 is 5.66 Å². The number of pyridine rings is 1. The van der Waals surface area contributed by atoms with Crippen molar-refractivity contribution in [1.29, 1.82) is 0 Å². The smallest absolute Gasteiger partial charge is 0.257 e. The summed E-state index contributed by atoms with van der Waals surface area (Å²) in [5.41, 5.74) is 1.17. The van der Waals surface area contributed by atoms with Crippen molar-refractivity contribution in [2.75, 3.05) is 19.0 Å². The Morgan fingerprint density at radius 2 is 1.56 bits per heavy atom. The Bertz CT molecular complexity index is 885. The Labute approximate surface area is 148 Å². The van der Waals surface area contributed by atoms with Crippen LogP contribution < -0.4 is 4.90 Å². The van der Waals surface area contributed by atoms with Crippen molar-refractivity contribution in [3.8, 4) is 0 Å². The first-order valence-corrected chi connectivity index (χ1v) is 8.32. The van der Waals surface area contributed by atoms with Crippen LogP contribution in [-0.4, -0.2) is 35.5 Å². The number of para-hydroxylation sites is 1. The third kappa shape index (κ3) is 3.07. The van der Waals surface area contributed by atoms with Crippen molar-refractivity contribution in [3.05, 3.63) is 72.6 Å². The molecule has 0 aliphatic heterocycles. The van der Waals surface area contributed by atoms with E-state index >= 15 is 0 Å². The summed E-state index contributed by atoms with van der Waals surface area (Å²) in [6.45, 7) is 4.08. The van der Waals surface area contributed by atoms with Gasteiger partial charge in [-0.1, -0.05) is 42.5 Å². The van der Waals surface area contributed by atoms with Crippen molar-refractivity contribution in [1.82, 2.24) is 9.88 Å². The first-order chi connectivity index (χ1) is 11.9. The van der Waals surface area contributed by atoms with E-state index in [1.54, 1.807) is 17.3 Å². The molecule has 1 aromatic heterocycles. The summed E-state index contributed by atoms with van der Waals surface area (Å²) >= 11 is 0. The number of nitrogens with zero attached hydrogens (tertiary/aromatic N) is 3. The summed E-state index contributed by atoms with van der Waals surface area (Å²) < 4.78 is 0. The van der Waals surface area contributed by atoms with Gasteiger partial charge in [-0.05, 0) is 31.4 Å². The van der Waals surface area contributed by atoms with E-state index in [1.807, 2.05) is 82.5 Å². The van der Waals surface area contributed by atoms with Crippen LogP contribution in [0.15, 0.2) is 67.0 Å². The Hall–Kier alpha value is -2.88. The fourth-order valence-corrected chi connectivity index (χ4v) is 2.91. The van der Waals surface area contributed by atoms with Gasteiger partial charge in [0.1, 0.15) is 5.66 Å². The molecule has 0 N–H and O–H groups in total. The SMILES string of the molecule is CN(C(=O)c1cncc2ccccc12)C(C)(C)N(C)c1ccccc1. The molecular weight excluding hydrogens is 310 g/mol. The lowest BCUT2D eigenvalue weighted by Gasteiger charge is -2.44. The zero-order valence-corrected chi connectivity index (χ0v) is 15.1. The number of hydrogen-bond donors (Lipinski definition) is 0. The van der Waals surface area contributed by atoms with E-state index in [0.717, 1.165) is 16.5 Å². The van der Waals surface area contributed by atoms with Gasteiger partial charge < -0.3 is 9.80 Å². The molecule has 0 radical (unpaired) electrons. The average molecular weight is 333 g/mol. The van der Waals surface area contributed by atoms with Crippen LogP contribution in [0.1, 0.15) is 24.2 Å². The van der Waals surface area contributed by atoms with Crippen molar-refractivity contribution >= 4 is 22.4 Å². The molecule has 1 heterocycles. The predicted octanol–water partition coefficient (Wildman–Crippen LogP) is 4.18. The monoisotopic (exact) mass is 333 g/mol. The number of rotatable bonds is 4. The number of fused-ring (bicyclic) bond motifs is 1. The Kier molecular flexibility index (Phi) is 4.45. The highest BCUT2D eigenvalue weighted by molar-refractivity contribution is 6.06. The second kappa shape index (κ2) is 6.55. The van der Waals surface area contributed by atoms with Crippen LogP contribution >= 0.6 is 0 Å². The molecule has 3 rings (SSSR count). The summed E-state index contributed by atoms with van der Waals surface area (Å²) in [6, 6.07) is 17.9. The molecule has 0 spiro atoms. The molecule has 0 saturated carbocycles. The molecule has 4 heteroatoms. The van der Waals surface area contributed by atoms with Gasteiger partial charge in [0.05, 0.1) is 5.56 Å². The zero-order valence-electron chi connectivity index (χ0n) is 15.1. The molecule has 0 saturated heterocycles.